The molecule has 3 N–H and O–H groups in total. The van der Waals surface area contributed by atoms with Crippen LogP contribution in [0.25, 0.3) is 0 Å². The molecule has 1 aliphatic heterocycles. The van der Waals surface area contributed by atoms with Crippen LogP contribution in [0.1, 0.15) is 37.7 Å². The average Bonchev–Trinajstić information content (AvgIpc) is 2.54. The zero-order valence-electron chi connectivity index (χ0n) is 14.9. The third kappa shape index (κ3) is 5.19. The van der Waals surface area contributed by atoms with Crippen LogP contribution in [0.3, 0.4) is 0 Å². The molecule has 1 aliphatic carbocycles. The minimum Gasteiger partial charge on any atom is -0.335 e. The second-order valence-electron chi connectivity index (χ2n) is 7.22. The monoisotopic (exact) mass is 344 g/mol. The van der Waals surface area contributed by atoms with Gasteiger partial charge in [0.25, 0.3) is 0 Å². The molecule has 2 fully saturated rings. The maximum absolute atomic E-state index is 12.1. The predicted octanol–water partition coefficient (Wildman–Crippen LogP) is 2.32. The van der Waals surface area contributed by atoms with Crippen LogP contribution in [-0.2, 0) is 11.3 Å². The highest BCUT2D eigenvalue weighted by atomic mass is 16.2. The van der Waals surface area contributed by atoms with Gasteiger partial charge in [0, 0.05) is 24.2 Å². The second kappa shape index (κ2) is 8.34. The van der Waals surface area contributed by atoms with Crippen molar-refractivity contribution in [2.24, 2.45) is 5.92 Å². The summed E-state index contributed by atoms with van der Waals surface area (Å²) in [5.74, 6) is 0.276. The van der Waals surface area contributed by atoms with Crippen LogP contribution in [0, 0.1) is 5.92 Å². The molecule has 0 bridgehead atoms. The first kappa shape index (κ1) is 17.7. The molecule has 6 nitrogen and oxygen atoms in total. The standard InChI is InChI=1S/C19H28N4O2/c1-23-10-8-16(9-11-23)22-19(25)20-13-14-4-2-7-17(12-14)21-18(24)15-5-3-6-15/h2,4,7,12,15-16H,3,5-6,8-11,13H2,1H3,(H,21,24)(H2,20,22,25). The minimum absolute atomic E-state index is 0.108. The van der Waals surface area contributed by atoms with E-state index < -0.39 is 0 Å². The number of carbonyl (C=O) groups is 2. The van der Waals surface area contributed by atoms with E-state index in [1.807, 2.05) is 24.3 Å². The molecule has 3 rings (SSSR count). The molecule has 0 radical (unpaired) electrons. The molecule has 3 amide bonds. The molecule has 6 heteroatoms. The second-order valence-corrected chi connectivity index (χ2v) is 7.22. The Balaban J connectivity index is 1.43. The van der Waals surface area contributed by atoms with Gasteiger partial charge >= 0.3 is 6.03 Å². The lowest BCUT2D eigenvalue weighted by atomic mass is 9.85. The van der Waals surface area contributed by atoms with Crippen molar-refractivity contribution in [3.05, 3.63) is 29.8 Å². The van der Waals surface area contributed by atoms with Gasteiger partial charge in [-0.1, -0.05) is 18.6 Å². The maximum atomic E-state index is 12.1. The lowest BCUT2D eigenvalue weighted by molar-refractivity contribution is -0.122. The smallest absolute Gasteiger partial charge is 0.315 e. The zero-order valence-corrected chi connectivity index (χ0v) is 14.9. The Morgan fingerprint density at radius 3 is 2.60 bits per heavy atom. The zero-order chi connectivity index (χ0) is 17.6. The fourth-order valence-corrected chi connectivity index (χ4v) is 3.25. The first-order chi connectivity index (χ1) is 12.1. The predicted molar refractivity (Wildman–Crippen MR) is 98.3 cm³/mol. The number of carbonyl (C=O) groups excluding carboxylic acids is 2. The molecule has 136 valence electrons. The highest BCUT2D eigenvalue weighted by Gasteiger charge is 2.25. The summed E-state index contributed by atoms with van der Waals surface area (Å²) in [4.78, 5) is 26.4. The van der Waals surface area contributed by atoms with Gasteiger partial charge in [0.2, 0.25) is 5.91 Å². The van der Waals surface area contributed by atoms with E-state index in [2.05, 4.69) is 27.9 Å². The Labute approximate surface area is 149 Å². The molecule has 0 unspecified atom stereocenters. The lowest BCUT2D eigenvalue weighted by Crippen LogP contribution is -2.46. The van der Waals surface area contributed by atoms with Gasteiger partial charge in [0.05, 0.1) is 0 Å². The summed E-state index contributed by atoms with van der Waals surface area (Å²) in [6.07, 6.45) is 5.11. The van der Waals surface area contributed by atoms with E-state index in [-0.39, 0.29) is 23.9 Å². The average molecular weight is 344 g/mol. The molecule has 1 saturated carbocycles. The summed E-state index contributed by atoms with van der Waals surface area (Å²) in [5.41, 5.74) is 1.77. The normalized spacial score (nSPS) is 19.1. The highest BCUT2D eigenvalue weighted by molar-refractivity contribution is 5.93. The summed E-state index contributed by atoms with van der Waals surface area (Å²) < 4.78 is 0. The molecular weight excluding hydrogens is 316 g/mol. The molecular formula is C19H28N4O2. The number of nitrogens with one attached hydrogen (secondary N) is 3. The number of urea groups is 1. The van der Waals surface area contributed by atoms with E-state index in [9.17, 15) is 9.59 Å². The third-order valence-corrected chi connectivity index (χ3v) is 5.18. The van der Waals surface area contributed by atoms with Crippen LogP contribution in [-0.4, -0.2) is 43.0 Å². The Morgan fingerprint density at radius 1 is 1.16 bits per heavy atom. The molecule has 0 aromatic heterocycles. The van der Waals surface area contributed by atoms with Crippen molar-refractivity contribution in [3.63, 3.8) is 0 Å². The maximum Gasteiger partial charge on any atom is 0.315 e. The minimum atomic E-state index is -0.126. The molecule has 1 heterocycles. The molecule has 1 aromatic rings. The summed E-state index contributed by atoms with van der Waals surface area (Å²) >= 11 is 0. The van der Waals surface area contributed by atoms with Crippen molar-refractivity contribution in [1.82, 2.24) is 15.5 Å². The number of piperidine rings is 1. The van der Waals surface area contributed by atoms with Gasteiger partial charge in [-0.3, -0.25) is 4.79 Å². The van der Waals surface area contributed by atoms with E-state index >= 15 is 0 Å². The van der Waals surface area contributed by atoms with Crippen LogP contribution in [0.2, 0.25) is 0 Å². The number of anilines is 1. The number of benzene rings is 1. The van der Waals surface area contributed by atoms with Gasteiger partial charge in [0.1, 0.15) is 0 Å². The van der Waals surface area contributed by atoms with Crippen molar-refractivity contribution in [2.75, 3.05) is 25.5 Å². The quantitative estimate of drug-likeness (QED) is 0.767. The molecule has 0 atom stereocenters. The molecule has 0 spiro atoms. The van der Waals surface area contributed by atoms with E-state index in [0.717, 1.165) is 56.4 Å². The first-order valence-electron chi connectivity index (χ1n) is 9.23. The Bertz CT molecular complexity index is 607. The highest BCUT2D eigenvalue weighted by Crippen LogP contribution is 2.27. The van der Waals surface area contributed by atoms with Crippen molar-refractivity contribution in [1.29, 1.82) is 0 Å². The van der Waals surface area contributed by atoms with Crippen LogP contribution >= 0.6 is 0 Å². The SMILES string of the molecule is CN1CCC(NC(=O)NCc2cccc(NC(=O)C3CCC3)c2)CC1. The Hall–Kier alpha value is -2.08. The third-order valence-electron chi connectivity index (χ3n) is 5.18. The summed E-state index contributed by atoms with van der Waals surface area (Å²) in [6, 6.07) is 7.80. The number of hydrogen-bond donors (Lipinski definition) is 3. The Morgan fingerprint density at radius 2 is 1.92 bits per heavy atom. The van der Waals surface area contributed by atoms with Crippen molar-refractivity contribution >= 4 is 17.6 Å². The number of amides is 3. The van der Waals surface area contributed by atoms with Gasteiger partial charge in [-0.05, 0) is 63.5 Å². The number of likely N-dealkylation sites (tertiary alicyclic amines) is 1. The molecule has 1 saturated heterocycles. The molecule has 25 heavy (non-hydrogen) atoms. The number of rotatable bonds is 5. The first-order valence-corrected chi connectivity index (χ1v) is 9.23. The van der Waals surface area contributed by atoms with Crippen LogP contribution in [0.5, 0.6) is 0 Å². The topological polar surface area (TPSA) is 73.5 Å². The van der Waals surface area contributed by atoms with E-state index in [4.69, 9.17) is 0 Å². The summed E-state index contributed by atoms with van der Waals surface area (Å²) in [6.45, 7) is 2.49. The van der Waals surface area contributed by atoms with Crippen molar-refractivity contribution in [2.45, 2.75) is 44.7 Å². The lowest BCUT2D eigenvalue weighted by Gasteiger charge is -2.29. The van der Waals surface area contributed by atoms with Crippen molar-refractivity contribution < 1.29 is 9.59 Å². The van der Waals surface area contributed by atoms with Gasteiger partial charge in [-0.2, -0.15) is 0 Å². The summed E-state index contributed by atoms with van der Waals surface area (Å²) in [5, 5.41) is 8.92. The van der Waals surface area contributed by atoms with E-state index in [1.54, 1.807) is 0 Å². The Kier molecular flexibility index (Phi) is 5.91. The van der Waals surface area contributed by atoms with Crippen LogP contribution in [0.15, 0.2) is 24.3 Å². The summed E-state index contributed by atoms with van der Waals surface area (Å²) in [7, 11) is 2.10. The van der Waals surface area contributed by atoms with E-state index in [0.29, 0.717) is 6.54 Å². The fraction of sp³-hybridized carbons (Fsp3) is 0.579. The largest absolute Gasteiger partial charge is 0.335 e. The van der Waals surface area contributed by atoms with E-state index in [1.165, 1.54) is 0 Å². The number of hydrogen-bond acceptors (Lipinski definition) is 3. The van der Waals surface area contributed by atoms with Gasteiger partial charge in [-0.25, -0.2) is 4.79 Å². The van der Waals surface area contributed by atoms with Crippen LogP contribution < -0.4 is 16.0 Å². The molecule has 2 aliphatic rings. The molecule has 1 aromatic carbocycles. The number of nitrogens with zero attached hydrogens (tertiary/aromatic N) is 1. The van der Waals surface area contributed by atoms with Gasteiger partial charge in [0.15, 0.2) is 0 Å². The van der Waals surface area contributed by atoms with Crippen molar-refractivity contribution in [3.8, 4) is 0 Å². The van der Waals surface area contributed by atoms with Gasteiger partial charge in [-0.15, -0.1) is 0 Å². The fourth-order valence-electron chi connectivity index (χ4n) is 3.25. The van der Waals surface area contributed by atoms with Crippen LogP contribution in [0.4, 0.5) is 10.5 Å². The van der Waals surface area contributed by atoms with Gasteiger partial charge < -0.3 is 20.9 Å².